The summed E-state index contributed by atoms with van der Waals surface area (Å²) in [6, 6.07) is -0.633. The fraction of sp³-hybridized carbons (Fsp3) is 0.800. The number of hydrogen-bond acceptors (Lipinski definition) is 3. The molecule has 0 unspecified atom stereocenters. The van der Waals surface area contributed by atoms with Gasteiger partial charge >= 0.3 is 5.97 Å². The van der Waals surface area contributed by atoms with Crippen molar-refractivity contribution >= 4 is 17.7 Å². The minimum Gasteiger partial charge on any atom is -0.480 e. The Kier molecular flexibility index (Phi) is 1.97. The van der Waals surface area contributed by atoms with Crippen molar-refractivity contribution in [1.29, 1.82) is 0 Å². The van der Waals surface area contributed by atoms with Crippen LogP contribution in [0.25, 0.3) is 0 Å². The van der Waals surface area contributed by atoms with Gasteiger partial charge in [0.15, 0.2) is 0 Å². The first-order valence-corrected chi connectivity index (χ1v) is 3.93. The SMILES string of the molecule is N[C@@H](C(=O)O)C1CSC1. The number of nitrogens with two attached hydrogens (primary N) is 1. The molecule has 0 aromatic heterocycles. The van der Waals surface area contributed by atoms with Gasteiger partial charge in [-0.1, -0.05) is 0 Å². The molecule has 1 rings (SSSR count). The molecule has 1 atom stereocenters. The monoisotopic (exact) mass is 147 g/mol. The van der Waals surface area contributed by atoms with E-state index in [0.29, 0.717) is 0 Å². The smallest absolute Gasteiger partial charge is 0.320 e. The van der Waals surface area contributed by atoms with E-state index >= 15 is 0 Å². The first-order chi connectivity index (χ1) is 4.22. The maximum atomic E-state index is 10.2. The van der Waals surface area contributed by atoms with Crippen LogP contribution in [0.5, 0.6) is 0 Å². The summed E-state index contributed by atoms with van der Waals surface area (Å²) in [6.07, 6.45) is 0. The molecule has 9 heavy (non-hydrogen) atoms. The molecule has 0 amide bonds. The quantitative estimate of drug-likeness (QED) is 0.566. The molecular formula is C5H9NO2S. The molecular weight excluding hydrogens is 138 g/mol. The number of thioether (sulfide) groups is 1. The number of carboxylic acid groups (broad SMARTS) is 1. The average Bonchev–Trinajstić information content (AvgIpc) is 1.60. The molecule has 1 saturated heterocycles. The summed E-state index contributed by atoms with van der Waals surface area (Å²) in [5.74, 6) is 1.16. The van der Waals surface area contributed by atoms with Crippen LogP contribution < -0.4 is 5.73 Å². The van der Waals surface area contributed by atoms with Crippen molar-refractivity contribution in [2.45, 2.75) is 6.04 Å². The molecule has 4 heteroatoms. The van der Waals surface area contributed by atoms with Crippen LogP contribution in [0.2, 0.25) is 0 Å². The Labute approximate surface area is 57.6 Å². The zero-order chi connectivity index (χ0) is 6.85. The molecule has 0 aromatic carbocycles. The number of hydrogen-bond donors (Lipinski definition) is 2. The Bertz CT molecular complexity index is 124. The molecule has 1 heterocycles. The van der Waals surface area contributed by atoms with Gasteiger partial charge in [0, 0.05) is 5.92 Å². The predicted molar refractivity (Wildman–Crippen MR) is 36.4 cm³/mol. The third-order valence-corrected chi connectivity index (χ3v) is 2.78. The lowest BCUT2D eigenvalue weighted by atomic mass is 10.1. The molecule has 1 aliphatic heterocycles. The average molecular weight is 147 g/mol. The lowest BCUT2D eigenvalue weighted by Gasteiger charge is -2.27. The van der Waals surface area contributed by atoms with Gasteiger partial charge in [0.05, 0.1) is 0 Å². The van der Waals surface area contributed by atoms with Crippen LogP contribution in [-0.2, 0) is 4.79 Å². The van der Waals surface area contributed by atoms with Crippen molar-refractivity contribution in [3.63, 3.8) is 0 Å². The Hall–Kier alpha value is -0.220. The maximum absolute atomic E-state index is 10.2. The topological polar surface area (TPSA) is 63.3 Å². The highest BCUT2D eigenvalue weighted by Gasteiger charge is 2.29. The predicted octanol–water partition coefficient (Wildman–Crippen LogP) is -0.239. The fourth-order valence-corrected chi connectivity index (χ4v) is 1.59. The molecule has 0 radical (unpaired) electrons. The third-order valence-electron chi connectivity index (χ3n) is 1.46. The van der Waals surface area contributed by atoms with Crippen molar-refractivity contribution < 1.29 is 9.90 Å². The summed E-state index contributed by atoms with van der Waals surface area (Å²) < 4.78 is 0. The largest absolute Gasteiger partial charge is 0.480 e. The van der Waals surface area contributed by atoms with Crippen molar-refractivity contribution in [3.8, 4) is 0 Å². The van der Waals surface area contributed by atoms with E-state index in [1.807, 2.05) is 0 Å². The molecule has 1 aliphatic rings. The molecule has 1 fully saturated rings. The van der Waals surface area contributed by atoms with Crippen LogP contribution in [0, 0.1) is 5.92 Å². The van der Waals surface area contributed by atoms with Crippen molar-refractivity contribution in [2.75, 3.05) is 11.5 Å². The van der Waals surface area contributed by atoms with Crippen LogP contribution in [-0.4, -0.2) is 28.6 Å². The van der Waals surface area contributed by atoms with E-state index in [-0.39, 0.29) is 5.92 Å². The summed E-state index contributed by atoms with van der Waals surface area (Å²) in [6.45, 7) is 0. The van der Waals surface area contributed by atoms with Gasteiger partial charge in [-0.2, -0.15) is 11.8 Å². The van der Waals surface area contributed by atoms with Crippen molar-refractivity contribution in [3.05, 3.63) is 0 Å². The van der Waals surface area contributed by atoms with Crippen LogP contribution in [0.15, 0.2) is 0 Å². The Balaban J connectivity index is 2.32. The highest BCUT2D eigenvalue weighted by atomic mass is 32.2. The van der Waals surface area contributed by atoms with Gasteiger partial charge in [-0.15, -0.1) is 0 Å². The van der Waals surface area contributed by atoms with E-state index in [1.165, 1.54) is 0 Å². The van der Waals surface area contributed by atoms with E-state index in [2.05, 4.69) is 0 Å². The minimum absolute atomic E-state index is 0.215. The first kappa shape index (κ1) is 6.89. The number of carboxylic acids is 1. The fourth-order valence-electron chi connectivity index (χ4n) is 0.663. The molecule has 0 spiro atoms. The second kappa shape index (κ2) is 2.58. The van der Waals surface area contributed by atoms with Crippen LogP contribution in [0.1, 0.15) is 0 Å². The highest BCUT2D eigenvalue weighted by Crippen LogP contribution is 2.26. The van der Waals surface area contributed by atoms with Gasteiger partial charge in [0.1, 0.15) is 6.04 Å². The Morgan fingerprint density at radius 3 is 2.44 bits per heavy atom. The zero-order valence-electron chi connectivity index (χ0n) is 4.91. The second-order valence-corrected chi connectivity index (χ2v) is 3.24. The summed E-state index contributed by atoms with van der Waals surface area (Å²) >= 11 is 1.75. The normalized spacial score (nSPS) is 22.8. The van der Waals surface area contributed by atoms with E-state index < -0.39 is 12.0 Å². The lowest BCUT2D eigenvalue weighted by molar-refractivity contribution is -0.139. The van der Waals surface area contributed by atoms with Crippen LogP contribution >= 0.6 is 11.8 Å². The maximum Gasteiger partial charge on any atom is 0.320 e. The molecule has 52 valence electrons. The number of aliphatic carboxylic acids is 1. The molecule has 3 nitrogen and oxygen atoms in total. The highest BCUT2D eigenvalue weighted by molar-refractivity contribution is 8.00. The molecule has 0 aliphatic carbocycles. The van der Waals surface area contributed by atoms with Gasteiger partial charge in [-0.25, -0.2) is 0 Å². The second-order valence-electron chi connectivity index (χ2n) is 2.16. The molecule has 3 N–H and O–H groups in total. The number of rotatable bonds is 2. The molecule has 0 bridgehead atoms. The van der Waals surface area contributed by atoms with Gasteiger partial charge < -0.3 is 10.8 Å². The van der Waals surface area contributed by atoms with Crippen molar-refractivity contribution in [1.82, 2.24) is 0 Å². The van der Waals surface area contributed by atoms with Crippen LogP contribution in [0.3, 0.4) is 0 Å². The first-order valence-electron chi connectivity index (χ1n) is 2.78. The molecule has 0 saturated carbocycles. The third kappa shape index (κ3) is 1.37. The van der Waals surface area contributed by atoms with Crippen LogP contribution in [0.4, 0.5) is 0 Å². The summed E-state index contributed by atoms with van der Waals surface area (Å²) in [7, 11) is 0. The van der Waals surface area contributed by atoms with E-state index in [4.69, 9.17) is 10.8 Å². The van der Waals surface area contributed by atoms with Gasteiger partial charge in [-0.3, -0.25) is 4.79 Å². The van der Waals surface area contributed by atoms with Crippen molar-refractivity contribution in [2.24, 2.45) is 11.7 Å². The summed E-state index contributed by atoms with van der Waals surface area (Å²) in [5.41, 5.74) is 5.31. The Morgan fingerprint density at radius 1 is 1.78 bits per heavy atom. The number of carbonyl (C=O) groups is 1. The van der Waals surface area contributed by atoms with E-state index in [1.54, 1.807) is 11.8 Å². The molecule has 0 aromatic rings. The summed E-state index contributed by atoms with van der Waals surface area (Å²) in [5, 5.41) is 8.38. The van der Waals surface area contributed by atoms with Gasteiger partial charge in [0.25, 0.3) is 0 Å². The summed E-state index contributed by atoms with van der Waals surface area (Å²) in [4.78, 5) is 10.2. The van der Waals surface area contributed by atoms with E-state index in [0.717, 1.165) is 11.5 Å². The van der Waals surface area contributed by atoms with Gasteiger partial charge in [0.2, 0.25) is 0 Å². The standard InChI is InChI=1S/C5H9NO2S/c6-4(5(7)8)3-1-9-2-3/h3-4H,1-2,6H2,(H,7,8)/t4-/m1/s1. The van der Waals surface area contributed by atoms with E-state index in [9.17, 15) is 4.79 Å². The zero-order valence-corrected chi connectivity index (χ0v) is 5.73. The Morgan fingerprint density at radius 2 is 2.33 bits per heavy atom. The lowest BCUT2D eigenvalue weighted by Crippen LogP contribution is -2.44. The minimum atomic E-state index is -0.875. The van der Waals surface area contributed by atoms with Gasteiger partial charge in [-0.05, 0) is 11.5 Å².